The summed E-state index contributed by atoms with van der Waals surface area (Å²) in [5.41, 5.74) is 0. The van der Waals surface area contributed by atoms with Gasteiger partial charge in [0.15, 0.2) is 0 Å². The molecular weight excluding hydrogens is 142 g/mol. The van der Waals surface area contributed by atoms with Gasteiger partial charge >= 0.3 is 5.97 Å². The molecule has 1 fully saturated rings. The molecular formula is C8H15NO2. The third-order valence-electron chi connectivity index (χ3n) is 2.12. The average molecular weight is 158 g/mol. The van der Waals surface area contributed by atoms with Crippen molar-refractivity contribution in [3.05, 3.63) is 0 Å². The molecule has 0 bridgehead atoms. The summed E-state index contributed by atoms with van der Waals surface area (Å²) < 4.78 is 11.7. The summed E-state index contributed by atoms with van der Waals surface area (Å²) in [5, 5.41) is 0. The van der Waals surface area contributed by atoms with Crippen LogP contribution in [0.1, 0.15) is 21.1 Å². The number of nitrogens with zero attached hydrogens (tertiary/aromatic N) is 1. The Bertz CT molecular complexity index is 163. The highest BCUT2D eigenvalue weighted by molar-refractivity contribution is 5.75. The molecule has 1 heterocycles. The molecule has 0 aromatic rings. The van der Waals surface area contributed by atoms with Crippen molar-refractivity contribution in [2.24, 2.45) is 0 Å². The van der Waals surface area contributed by atoms with Crippen LogP contribution in [0.4, 0.5) is 0 Å². The quantitative estimate of drug-likeness (QED) is 0.552. The Labute approximate surface area is 68.7 Å². The van der Waals surface area contributed by atoms with Gasteiger partial charge in [0.25, 0.3) is 0 Å². The fraction of sp³-hybridized carbons (Fsp3) is 0.875. The number of hydrogen-bond acceptors (Lipinski definition) is 3. The number of rotatable bonds is 2. The summed E-state index contributed by atoms with van der Waals surface area (Å²) >= 11 is 0. The Kier molecular flexibility index (Phi) is 2.40. The molecule has 3 heteroatoms. The molecule has 11 heavy (non-hydrogen) atoms. The van der Waals surface area contributed by atoms with E-state index in [-0.39, 0.29) is 12.0 Å². The van der Waals surface area contributed by atoms with Crippen molar-refractivity contribution >= 4 is 5.97 Å². The van der Waals surface area contributed by atoms with Gasteiger partial charge < -0.3 is 4.74 Å². The molecule has 3 nitrogen and oxygen atoms in total. The lowest BCUT2D eigenvalue weighted by molar-refractivity contribution is -0.145. The highest BCUT2D eigenvalue weighted by Crippen LogP contribution is 2.17. The first-order valence-corrected chi connectivity index (χ1v) is 3.90. The van der Waals surface area contributed by atoms with E-state index in [9.17, 15) is 4.79 Å². The molecule has 0 aromatic heterocycles. The maximum atomic E-state index is 11.2. The van der Waals surface area contributed by atoms with E-state index >= 15 is 0 Å². The van der Waals surface area contributed by atoms with Crippen LogP contribution in [0.25, 0.3) is 0 Å². The van der Waals surface area contributed by atoms with Gasteiger partial charge in [0.2, 0.25) is 0 Å². The normalized spacial score (nSPS) is 26.6. The van der Waals surface area contributed by atoms with Gasteiger partial charge in [0.05, 0.1) is 7.11 Å². The number of likely N-dealkylation sites (tertiary alicyclic amines) is 1. The molecule has 0 aliphatic carbocycles. The average Bonchev–Trinajstić information content (AvgIpc) is 2.52. The lowest BCUT2D eigenvalue weighted by atomic mass is 10.2. The minimum Gasteiger partial charge on any atom is -0.468 e. The van der Waals surface area contributed by atoms with Crippen molar-refractivity contribution in [1.29, 1.82) is 0 Å². The fourth-order valence-corrected chi connectivity index (χ4v) is 1.50. The predicted molar refractivity (Wildman–Crippen MR) is 42.3 cm³/mol. The van der Waals surface area contributed by atoms with Crippen LogP contribution in [-0.2, 0) is 9.53 Å². The number of carbonyl (C=O) groups is 1. The van der Waals surface area contributed by atoms with Crippen molar-refractivity contribution in [2.75, 3.05) is 20.2 Å². The molecule has 0 saturated carbocycles. The van der Waals surface area contributed by atoms with E-state index in [1.165, 1.54) is 7.11 Å². The van der Waals surface area contributed by atoms with E-state index in [2.05, 4.69) is 4.74 Å². The van der Waals surface area contributed by atoms with Gasteiger partial charge in [-0.25, -0.2) is 0 Å². The van der Waals surface area contributed by atoms with Crippen molar-refractivity contribution in [3.63, 3.8) is 0 Å². The Morgan fingerprint density at radius 3 is 3.36 bits per heavy atom. The lowest BCUT2D eigenvalue weighted by Crippen LogP contribution is -2.36. The molecule has 0 spiro atoms. The number of esters is 1. The standard InChI is InChI=1S/C8H15NO2/c1-3-9-6-4-5-7(9)8(10)11-2/h7H,3-6H2,1-2H3/t7-/m0/s1/i1D. The Hall–Kier alpha value is -0.570. The SMILES string of the molecule is [2H]CCN1CCC[C@H]1C(=O)OC. The zero-order valence-electron chi connectivity index (χ0n) is 7.88. The van der Waals surface area contributed by atoms with Gasteiger partial charge in [-0.15, -0.1) is 0 Å². The van der Waals surface area contributed by atoms with Crippen LogP contribution in [-0.4, -0.2) is 37.1 Å². The van der Waals surface area contributed by atoms with Crippen LogP contribution >= 0.6 is 0 Å². The Balaban J connectivity index is 2.45. The molecule has 1 rings (SSSR count). The summed E-state index contributed by atoms with van der Waals surface area (Å²) in [6, 6.07) is -0.0830. The van der Waals surface area contributed by atoms with Gasteiger partial charge in [-0.2, -0.15) is 0 Å². The molecule has 0 amide bonds. The monoisotopic (exact) mass is 158 g/mol. The zero-order valence-corrected chi connectivity index (χ0v) is 6.88. The van der Waals surface area contributed by atoms with Crippen molar-refractivity contribution in [3.8, 4) is 0 Å². The maximum absolute atomic E-state index is 11.2. The van der Waals surface area contributed by atoms with Crippen molar-refractivity contribution < 1.29 is 10.9 Å². The number of methoxy groups -OCH3 is 1. The summed E-state index contributed by atoms with van der Waals surface area (Å²) in [6.45, 7) is 1.96. The first kappa shape index (κ1) is 7.10. The van der Waals surface area contributed by atoms with Crippen LogP contribution in [0.5, 0.6) is 0 Å². The minimum atomic E-state index is -0.152. The van der Waals surface area contributed by atoms with E-state index in [0.717, 1.165) is 19.4 Å². The van der Waals surface area contributed by atoms with Crippen LogP contribution in [0.15, 0.2) is 0 Å². The smallest absolute Gasteiger partial charge is 0.323 e. The second-order valence-electron chi connectivity index (χ2n) is 2.72. The molecule has 0 N–H and O–H groups in total. The third-order valence-corrected chi connectivity index (χ3v) is 2.12. The van der Waals surface area contributed by atoms with E-state index in [4.69, 9.17) is 1.37 Å². The van der Waals surface area contributed by atoms with Crippen LogP contribution in [0.2, 0.25) is 0 Å². The number of ether oxygens (including phenoxy) is 1. The van der Waals surface area contributed by atoms with Crippen LogP contribution < -0.4 is 0 Å². The first-order valence-electron chi connectivity index (χ1n) is 4.61. The third kappa shape index (κ3) is 1.71. The lowest BCUT2D eigenvalue weighted by Gasteiger charge is -2.19. The van der Waals surface area contributed by atoms with Gasteiger partial charge in [-0.05, 0) is 25.9 Å². The van der Waals surface area contributed by atoms with E-state index in [0.29, 0.717) is 13.4 Å². The molecule has 0 unspecified atom stereocenters. The minimum absolute atomic E-state index is 0.0830. The second kappa shape index (κ2) is 3.72. The molecule has 0 aromatic carbocycles. The first-order chi connectivity index (χ1) is 5.79. The van der Waals surface area contributed by atoms with Gasteiger partial charge in [-0.1, -0.05) is 6.90 Å². The highest BCUT2D eigenvalue weighted by atomic mass is 16.5. The Morgan fingerprint density at radius 2 is 2.73 bits per heavy atom. The summed E-state index contributed by atoms with van der Waals surface area (Å²) in [7, 11) is 1.42. The topological polar surface area (TPSA) is 29.5 Å². The van der Waals surface area contributed by atoms with E-state index < -0.39 is 0 Å². The van der Waals surface area contributed by atoms with E-state index in [1.54, 1.807) is 0 Å². The molecule has 1 aliphatic heterocycles. The van der Waals surface area contributed by atoms with Gasteiger partial charge in [0, 0.05) is 1.37 Å². The molecule has 1 saturated heterocycles. The summed E-state index contributed by atoms with van der Waals surface area (Å²) in [6.07, 6.45) is 1.92. The Morgan fingerprint density at radius 1 is 1.91 bits per heavy atom. The summed E-state index contributed by atoms with van der Waals surface area (Å²) in [5.74, 6) is -0.152. The molecule has 1 atom stereocenters. The predicted octanol–water partition coefficient (Wildman–Crippen LogP) is 0.644. The fourth-order valence-electron chi connectivity index (χ4n) is 1.50. The second-order valence-corrected chi connectivity index (χ2v) is 2.72. The largest absolute Gasteiger partial charge is 0.468 e. The van der Waals surface area contributed by atoms with Crippen LogP contribution in [0, 0.1) is 0 Å². The maximum Gasteiger partial charge on any atom is 0.323 e. The van der Waals surface area contributed by atoms with Gasteiger partial charge in [-0.3, -0.25) is 9.69 Å². The summed E-state index contributed by atoms with van der Waals surface area (Å²) in [4.78, 5) is 13.2. The van der Waals surface area contributed by atoms with E-state index in [1.807, 2.05) is 4.90 Å². The zero-order chi connectivity index (χ0) is 8.97. The van der Waals surface area contributed by atoms with Crippen molar-refractivity contribution in [2.45, 2.75) is 25.8 Å². The number of likely N-dealkylation sites (N-methyl/N-ethyl adjacent to an activating group) is 1. The number of carbonyl (C=O) groups excluding carboxylic acids is 1. The molecule has 0 radical (unpaired) electrons. The highest BCUT2D eigenvalue weighted by Gasteiger charge is 2.29. The molecule has 1 aliphatic rings. The van der Waals surface area contributed by atoms with Crippen LogP contribution in [0.3, 0.4) is 0 Å². The van der Waals surface area contributed by atoms with Crippen molar-refractivity contribution in [1.82, 2.24) is 4.90 Å². The number of hydrogen-bond donors (Lipinski definition) is 0. The van der Waals surface area contributed by atoms with Gasteiger partial charge in [0.1, 0.15) is 6.04 Å². The molecule has 64 valence electrons.